The van der Waals surface area contributed by atoms with E-state index in [0.29, 0.717) is 5.92 Å². The second kappa shape index (κ2) is 11.1. The number of ether oxygens (including phenoxy) is 1. The third-order valence-electron chi connectivity index (χ3n) is 5.02. The molecule has 0 atom stereocenters. The van der Waals surface area contributed by atoms with Gasteiger partial charge in [0, 0.05) is 26.7 Å². The van der Waals surface area contributed by atoms with Gasteiger partial charge in [0.25, 0.3) is 0 Å². The van der Waals surface area contributed by atoms with Gasteiger partial charge in [-0.3, -0.25) is 4.99 Å². The van der Waals surface area contributed by atoms with Crippen molar-refractivity contribution in [1.82, 2.24) is 15.1 Å². The summed E-state index contributed by atoms with van der Waals surface area (Å²) < 4.78 is 5.24. The molecule has 0 radical (unpaired) electrons. The summed E-state index contributed by atoms with van der Waals surface area (Å²) >= 11 is 0. The number of hydrogen-bond donors (Lipinski definition) is 1. The van der Waals surface area contributed by atoms with Crippen LogP contribution >= 0.6 is 0 Å². The van der Waals surface area contributed by atoms with Gasteiger partial charge >= 0.3 is 0 Å². The Morgan fingerprint density at radius 3 is 2.50 bits per heavy atom. The number of aliphatic imine (C=N–C) groups is 1. The summed E-state index contributed by atoms with van der Waals surface area (Å²) in [4.78, 5) is 9.72. The number of rotatable bonds is 8. The molecule has 0 aliphatic carbocycles. The minimum atomic E-state index is 0.714. The molecule has 1 aliphatic rings. The Kier molecular flexibility index (Phi) is 8.75. The monoisotopic (exact) mass is 360 g/mol. The predicted octanol–water partition coefficient (Wildman–Crippen LogP) is 3.21. The van der Waals surface area contributed by atoms with Gasteiger partial charge in [-0.2, -0.15) is 0 Å². The van der Waals surface area contributed by atoms with E-state index in [-0.39, 0.29) is 0 Å². The zero-order valence-electron chi connectivity index (χ0n) is 17.0. The minimum absolute atomic E-state index is 0.714. The van der Waals surface area contributed by atoms with E-state index in [0.717, 1.165) is 31.3 Å². The summed E-state index contributed by atoms with van der Waals surface area (Å²) in [7, 11) is 3.80. The van der Waals surface area contributed by atoms with Crippen LogP contribution < -0.4 is 10.1 Å². The van der Waals surface area contributed by atoms with Crippen molar-refractivity contribution in [3.05, 3.63) is 29.8 Å². The lowest BCUT2D eigenvalue weighted by Crippen LogP contribution is -2.39. The van der Waals surface area contributed by atoms with E-state index in [1.165, 1.54) is 44.5 Å². The topological polar surface area (TPSA) is 40.1 Å². The fourth-order valence-corrected chi connectivity index (χ4v) is 3.47. The number of hydrogen-bond acceptors (Lipinski definition) is 3. The molecule has 0 bridgehead atoms. The number of nitrogens with zero attached hydrogens (tertiary/aromatic N) is 3. The Balaban J connectivity index is 1.88. The number of methoxy groups -OCH3 is 1. The van der Waals surface area contributed by atoms with Gasteiger partial charge < -0.3 is 19.9 Å². The first-order valence-corrected chi connectivity index (χ1v) is 10.0. The van der Waals surface area contributed by atoms with Gasteiger partial charge in [-0.1, -0.05) is 19.1 Å². The Morgan fingerprint density at radius 2 is 1.92 bits per heavy atom. The fraction of sp³-hybridized carbons (Fsp3) is 0.667. The minimum Gasteiger partial charge on any atom is -0.497 e. The van der Waals surface area contributed by atoms with Crippen LogP contribution in [-0.2, 0) is 6.54 Å². The molecule has 0 amide bonds. The Morgan fingerprint density at radius 1 is 1.23 bits per heavy atom. The molecule has 1 heterocycles. The van der Waals surface area contributed by atoms with Gasteiger partial charge in [0.2, 0.25) is 0 Å². The van der Waals surface area contributed by atoms with Gasteiger partial charge in [0.05, 0.1) is 7.11 Å². The molecule has 5 heteroatoms. The first kappa shape index (κ1) is 20.6. The van der Waals surface area contributed by atoms with Crippen molar-refractivity contribution < 1.29 is 4.74 Å². The summed E-state index contributed by atoms with van der Waals surface area (Å²) in [6.45, 7) is 10.7. The van der Waals surface area contributed by atoms with E-state index >= 15 is 0 Å². The molecule has 1 saturated heterocycles. The molecule has 1 N–H and O–H groups in total. The molecule has 1 aromatic carbocycles. The lowest BCUT2D eigenvalue weighted by molar-refractivity contribution is 0.188. The van der Waals surface area contributed by atoms with Crippen LogP contribution in [0.2, 0.25) is 0 Å². The van der Waals surface area contributed by atoms with E-state index < -0.39 is 0 Å². The lowest BCUT2D eigenvalue weighted by atomic mass is 9.97. The largest absolute Gasteiger partial charge is 0.497 e. The molecule has 5 nitrogen and oxygen atoms in total. The molecule has 0 unspecified atom stereocenters. The highest BCUT2D eigenvalue weighted by Gasteiger charge is 2.18. The average Bonchev–Trinajstić information content (AvgIpc) is 2.67. The highest BCUT2D eigenvalue weighted by atomic mass is 16.5. The lowest BCUT2D eigenvalue weighted by Gasteiger charge is -2.31. The molecular weight excluding hydrogens is 324 g/mol. The molecule has 0 aromatic heterocycles. The first-order chi connectivity index (χ1) is 12.7. The normalized spacial score (nSPS) is 16.5. The summed E-state index contributed by atoms with van der Waals surface area (Å²) in [5.74, 6) is 2.61. The van der Waals surface area contributed by atoms with E-state index in [9.17, 15) is 0 Å². The van der Waals surface area contributed by atoms with E-state index in [2.05, 4.69) is 48.1 Å². The summed E-state index contributed by atoms with van der Waals surface area (Å²) in [5, 5.41) is 3.43. The summed E-state index contributed by atoms with van der Waals surface area (Å²) in [5.41, 5.74) is 1.26. The summed E-state index contributed by atoms with van der Waals surface area (Å²) in [6.07, 6.45) is 3.79. The van der Waals surface area contributed by atoms with Crippen molar-refractivity contribution in [3.63, 3.8) is 0 Å². The highest BCUT2D eigenvalue weighted by Crippen LogP contribution is 2.18. The van der Waals surface area contributed by atoms with Crippen LogP contribution in [0.15, 0.2) is 29.3 Å². The number of nitrogens with one attached hydrogen (secondary N) is 1. The van der Waals surface area contributed by atoms with Crippen molar-refractivity contribution in [2.45, 2.75) is 39.7 Å². The fourth-order valence-electron chi connectivity index (χ4n) is 3.47. The Bertz CT molecular complexity index is 535. The van der Waals surface area contributed by atoms with Crippen LogP contribution in [0.5, 0.6) is 5.75 Å². The van der Waals surface area contributed by atoms with Gasteiger partial charge in [0.15, 0.2) is 5.96 Å². The van der Waals surface area contributed by atoms with Crippen molar-refractivity contribution >= 4 is 5.96 Å². The van der Waals surface area contributed by atoms with Crippen LogP contribution in [0.3, 0.4) is 0 Å². The standard InChI is InChI=1S/C21H36N4O/c1-5-13-25-14-11-18(12-15-25)16-23-21(22-6-2)24(3)17-19-7-9-20(26-4)10-8-19/h7-10,18H,5-6,11-17H2,1-4H3,(H,22,23). The number of piperidine rings is 1. The van der Waals surface area contributed by atoms with Gasteiger partial charge in [-0.05, 0) is 69.4 Å². The first-order valence-electron chi connectivity index (χ1n) is 10.0. The van der Waals surface area contributed by atoms with Crippen LogP contribution in [0.1, 0.15) is 38.7 Å². The van der Waals surface area contributed by atoms with E-state index in [4.69, 9.17) is 9.73 Å². The van der Waals surface area contributed by atoms with Gasteiger partial charge in [0.1, 0.15) is 5.75 Å². The number of benzene rings is 1. The third kappa shape index (κ3) is 6.52. The molecule has 1 fully saturated rings. The van der Waals surface area contributed by atoms with Gasteiger partial charge in [-0.15, -0.1) is 0 Å². The zero-order chi connectivity index (χ0) is 18.8. The average molecular weight is 361 g/mol. The molecule has 1 aliphatic heterocycles. The Labute approximate surface area is 159 Å². The maximum absolute atomic E-state index is 5.24. The molecule has 0 saturated carbocycles. The van der Waals surface area contributed by atoms with E-state index in [1.807, 2.05) is 12.1 Å². The van der Waals surface area contributed by atoms with E-state index in [1.54, 1.807) is 7.11 Å². The molecular formula is C21H36N4O. The smallest absolute Gasteiger partial charge is 0.193 e. The maximum Gasteiger partial charge on any atom is 0.193 e. The number of likely N-dealkylation sites (tertiary alicyclic amines) is 1. The quantitative estimate of drug-likeness (QED) is 0.571. The SMILES string of the molecule is CCCN1CCC(CN=C(NCC)N(C)Cc2ccc(OC)cc2)CC1. The molecule has 146 valence electrons. The van der Waals surface area contributed by atoms with Crippen molar-refractivity contribution in [2.24, 2.45) is 10.9 Å². The van der Waals surface area contributed by atoms with Crippen molar-refractivity contribution in [2.75, 3.05) is 46.9 Å². The third-order valence-corrected chi connectivity index (χ3v) is 5.02. The van der Waals surface area contributed by atoms with Gasteiger partial charge in [-0.25, -0.2) is 0 Å². The van der Waals surface area contributed by atoms with Crippen molar-refractivity contribution in [3.8, 4) is 5.75 Å². The highest BCUT2D eigenvalue weighted by molar-refractivity contribution is 5.79. The molecule has 2 rings (SSSR count). The second-order valence-electron chi connectivity index (χ2n) is 7.18. The van der Waals surface area contributed by atoms with Crippen molar-refractivity contribution in [1.29, 1.82) is 0 Å². The van der Waals surface area contributed by atoms with Crippen LogP contribution in [-0.4, -0.2) is 62.6 Å². The van der Waals surface area contributed by atoms with Crippen LogP contribution in [0, 0.1) is 5.92 Å². The van der Waals surface area contributed by atoms with Crippen LogP contribution in [0.25, 0.3) is 0 Å². The zero-order valence-corrected chi connectivity index (χ0v) is 17.0. The molecule has 26 heavy (non-hydrogen) atoms. The van der Waals surface area contributed by atoms with Crippen LogP contribution in [0.4, 0.5) is 0 Å². The number of guanidine groups is 1. The second-order valence-corrected chi connectivity index (χ2v) is 7.18. The predicted molar refractivity (Wildman–Crippen MR) is 110 cm³/mol. The Hall–Kier alpha value is -1.75. The maximum atomic E-state index is 5.24. The summed E-state index contributed by atoms with van der Waals surface area (Å²) in [6, 6.07) is 8.25. The molecule has 1 aromatic rings. The molecule has 0 spiro atoms.